The van der Waals surface area contributed by atoms with Crippen LogP contribution in [0.25, 0.3) is 11.3 Å². The average Bonchev–Trinajstić information content (AvgIpc) is 3.46. The second-order valence-electron chi connectivity index (χ2n) is 10.0. The molecule has 6 rings (SSSR count). The van der Waals surface area contributed by atoms with Crippen LogP contribution in [0.15, 0.2) is 36.9 Å². The number of carbonyl (C=O) groups is 2. The highest BCUT2D eigenvalue weighted by Crippen LogP contribution is 2.47. The third-order valence-electron chi connectivity index (χ3n) is 7.20. The maximum Gasteiger partial charge on any atom is 0.276 e. The Morgan fingerprint density at radius 3 is 2.66 bits per heavy atom. The molecule has 2 fully saturated rings. The van der Waals surface area contributed by atoms with E-state index in [9.17, 15) is 22.8 Å². The number of aryl methyl sites for hydroxylation is 2. The molecule has 41 heavy (non-hydrogen) atoms. The summed E-state index contributed by atoms with van der Waals surface area (Å²) < 4.78 is 43.4. The van der Waals surface area contributed by atoms with Gasteiger partial charge in [-0.2, -0.15) is 5.10 Å². The molecule has 1 saturated carbocycles. The van der Waals surface area contributed by atoms with E-state index in [1.165, 1.54) is 17.8 Å². The molecule has 4 aromatic rings. The summed E-state index contributed by atoms with van der Waals surface area (Å²) in [7, 11) is 0. The molecule has 2 amide bonds. The zero-order valence-corrected chi connectivity index (χ0v) is 22.5. The van der Waals surface area contributed by atoms with E-state index in [1.54, 1.807) is 17.3 Å². The normalized spacial score (nSPS) is 17.7. The summed E-state index contributed by atoms with van der Waals surface area (Å²) in [6.07, 6.45) is 3.68. The molecule has 0 unspecified atom stereocenters. The maximum absolute atomic E-state index is 14.8. The summed E-state index contributed by atoms with van der Waals surface area (Å²) >= 11 is 5.82. The van der Waals surface area contributed by atoms with E-state index in [0.29, 0.717) is 35.4 Å². The summed E-state index contributed by atoms with van der Waals surface area (Å²) in [6.45, 7) is 4.24. The van der Waals surface area contributed by atoms with Crippen LogP contribution in [-0.4, -0.2) is 48.1 Å². The maximum atomic E-state index is 14.8. The monoisotopic (exact) mass is 582 g/mol. The lowest BCUT2D eigenvalue weighted by atomic mass is 10.0. The summed E-state index contributed by atoms with van der Waals surface area (Å²) in [5.41, 5.74) is 0.341. The minimum atomic E-state index is -3.00. The molecule has 1 aliphatic carbocycles. The molecule has 1 aromatic carbocycles. The molecule has 0 radical (unpaired) electrons. The highest BCUT2D eigenvalue weighted by atomic mass is 35.5. The number of nitrogens with zero attached hydrogens (tertiary/aromatic N) is 7. The van der Waals surface area contributed by atoms with Gasteiger partial charge in [0.15, 0.2) is 5.82 Å². The lowest BCUT2D eigenvalue weighted by Gasteiger charge is -2.19. The molecule has 1 saturated heterocycles. The zero-order valence-electron chi connectivity index (χ0n) is 21.8. The third-order valence-corrected chi connectivity index (χ3v) is 7.49. The van der Waals surface area contributed by atoms with Gasteiger partial charge in [0.1, 0.15) is 18.1 Å². The highest BCUT2D eigenvalue weighted by molar-refractivity contribution is 6.31. The Bertz CT molecular complexity index is 1710. The molecule has 1 aliphatic heterocycles. The molecular weight excluding hydrogens is 561 g/mol. The number of piperidine rings is 1. The Hall–Kier alpha value is -4.39. The molecule has 4 heterocycles. The summed E-state index contributed by atoms with van der Waals surface area (Å²) in [6, 6.07) is 2.04. The van der Waals surface area contributed by atoms with E-state index < -0.39 is 29.3 Å². The summed E-state index contributed by atoms with van der Waals surface area (Å²) in [5, 5.41) is 6.51. The van der Waals surface area contributed by atoms with Crippen molar-refractivity contribution in [3.8, 4) is 11.3 Å². The van der Waals surface area contributed by atoms with E-state index in [1.807, 2.05) is 6.92 Å². The van der Waals surface area contributed by atoms with Crippen molar-refractivity contribution in [2.45, 2.75) is 33.2 Å². The van der Waals surface area contributed by atoms with E-state index in [4.69, 9.17) is 11.6 Å². The van der Waals surface area contributed by atoms with Crippen molar-refractivity contribution < 1.29 is 22.8 Å². The first-order chi connectivity index (χ1) is 19.6. The predicted octanol–water partition coefficient (Wildman–Crippen LogP) is 4.76. The van der Waals surface area contributed by atoms with Crippen molar-refractivity contribution in [1.82, 2.24) is 29.7 Å². The van der Waals surface area contributed by atoms with Gasteiger partial charge in [-0.25, -0.2) is 28.1 Å². The van der Waals surface area contributed by atoms with Crippen LogP contribution in [0, 0.1) is 31.5 Å². The second kappa shape index (κ2) is 10.2. The minimum Gasteiger partial charge on any atom is -0.318 e. The van der Waals surface area contributed by atoms with Crippen LogP contribution in [0.1, 0.15) is 46.1 Å². The van der Waals surface area contributed by atoms with Gasteiger partial charge < -0.3 is 10.2 Å². The molecule has 10 nitrogen and oxygen atoms in total. The standard InChI is InChI=1S/C27H22ClF3N8O2/c1-12-20(39-9-14-5-17(14)27(39)41)8-33-21(35-12)11-38-10-15(6-34-38)36-26(40)24-13(2)32-7-19(37-24)22-16(25(30)31)3-4-18(28)23(22)29/h3-4,6-8,10,14,17,25H,5,9,11H2,1-2H3,(H,36,40)/t14-,17-/m1/s1. The van der Waals surface area contributed by atoms with Crippen LogP contribution in [0.4, 0.5) is 24.5 Å². The number of carbonyl (C=O) groups excluding carboxylic acids is 2. The largest absolute Gasteiger partial charge is 0.318 e. The van der Waals surface area contributed by atoms with Crippen LogP contribution >= 0.6 is 11.6 Å². The number of anilines is 2. The second-order valence-corrected chi connectivity index (χ2v) is 10.4. The fourth-order valence-corrected chi connectivity index (χ4v) is 5.14. The quantitative estimate of drug-likeness (QED) is 0.334. The number of hydrogen-bond donors (Lipinski definition) is 1. The zero-order chi connectivity index (χ0) is 29.0. The van der Waals surface area contributed by atoms with Crippen LogP contribution in [-0.2, 0) is 11.3 Å². The lowest BCUT2D eigenvalue weighted by Crippen LogP contribution is -2.29. The van der Waals surface area contributed by atoms with Gasteiger partial charge in [-0.3, -0.25) is 19.3 Å². The number of nitrogens with one attached hydrogen (secondary N) is 1. The average molecular weight is 583 g/mol. The SMILES string of the molecule is Cc1nc(Cn2cc(NC(=O)c3nc(-c4c(C(F)F)ccc(Cl)c4F)cnc3C)cn2)ncc1N1C[C@H]2C[C@H]2C1=O. The first-order valence-corrected chi connectivity index (χ1v) is 13.1. The van der Waals surface area contributed by atoms with Crippen LogP contribution < -0.4 is 10.2 Å². The van der Waals surface area contributed by atoms with Gasteiger partial charge in [-0.15, -0.1) is 0 Å². The van der Waals surface area contributed by atoms with Gasteiger partial charge in [0.2, 0.25) is 5.91 Å². The molecule has 2 aliphatic rings. The number of aromatic nitrogens is 6. The van der Waals surface area contributed by atoms with Crippen LogP contribution in [0.2, 0.25) is 5.02 Å². The minimum absolute atomic E-state index is 0.125. The van der Waals surface area contributed by atoms with Gasteiger partial charge >= 0.3 is 0 Å². The fraction of sp³-hybridized carbons (Fsp3) is 0.296. The molecule has 0 bridgehead atoms. The fourth-order valence-electron chi connectivity index (χ4n) is 4.99. The Morgan fingerprint density at radius 2 is 1.95 bits per heavy atom. The molecule has 14 heteroatoms. The van der Waals surface area contributed by atoms with E-state index >= 15 is 0 Å². The van der Waals surface area contributed by atoms with E-state index in [-0.39, 0.29) is 40.5 Å². The molecule has 3 aromatic heterocycles. The number of halogens is 4. The number of rotatable bonds is 7. The van der Waals surface area contributed by atoms with Crippen molar-refractivity contribution in [1.29, 1.82) is 0 Å². The first kappa shape index (κ1) is 26.8. The third kappa shape index (κ3) is 5.01. The topological polar surface area (TPSA) is 119 Å². The van der Waals surface area contributed by atoms with Crippen molar-refractivity contribution >= 4 is 34.8 Å². The van der Waals surface area contributed by atoms with Crippen molar-refractivity contribution in [2.24, 2.45) is 11.8 Å². The smallest absolute Gasteiger partial charge is 0.276 e. The van der Waals surface area contributed by atoms with Gasteiger partial charge in [0.05, 0.1) is 52.1 Å². The molecular formula is C27H22ClF3N8O2. The Balaban J connectivity index is 1.18. The van der Waals surface area contributed by atoms with Gasteiger partial charge in [-0.05, 0) is 32.3 Å². The summed E-state index contributed by atoms with van der Waals surface area (Å²) in [4.78, 5) is 44.3. The number of fused-ring (bicyclic) bond motifs is 1. The highest BCUT2D eigenvalue weighted by Gasteiger charge is 2.52. The number of hydrogen-bond acceptors (Lipinski definition) is 7. The summed E-state index contributed by atoms with van der Waals surface area (Å²) in [5.74, 6) is -0.607. The van der Waals surface area contributed by atoms with Gasteiger partial charge in [0.25, 0.3) is 12.3 Å². The predicted molar refractivity (Wildman–Crippen MR) is 142 cm³/mol. The molecule has 0 spiro atoms. The Labute approximate surface area is 236 Å². The van der Waals surface area contributed by atoms with Crippen molar-refractivity contribution in [3.63, 3.8) is 0 Å². The van der Waals surface area contributed by atoms with E-state index in [2.05, 4.69) is 30.4 Å². The Kier molecular flexibility index (Phi) is 6.68. The van der Waals surface area contributed by atoms with Gasteiger partial charge in [-0.1, -0.05) is 17.7 Å². The first-order valence-electron chi connectivity index (χ1n) is 12.7. The van der Waals surface area contributed by atoms with Gasteiger partial charge in [0, 0.05) is 29.8 Å². The van der Waals surface area contributed by atoms with Crippen LogP contribution in [0.3, 0.4) is 0 Å². The number of benzene rings is 1. The Morgan fingerprint density at radius 1 is 1.15 bits per heavy atom. The molecule has 2 atom stereocenters. The lowest BCUT2D eigenvalue weighted by molar-refractivity contribution is -0.118. The molecule has 210 valence electrons. The molecule has 1 N–H and O–H groups in total. The number of alkyl halides is 2. The van der Waals surface area contributed by atoms with Crippen molar-refractivity contribution in [2.75, 3.05) is 16.8 Å². The van der Waals surface area contributed by atoms with Crippen molar-refractivity contribution in [3.05, 3.63) is 76.2 Å². The van der Waals surface area contributed by atoms with Crippen LogP contribution in [0.5, 0.6) is 0 Å². The van der Waals surface area contributed by atoms with E-state index in [0.717, 1.165) is 24.8 Å². The number of amides is 2.